The summed E-state index contributed by atoms with van der Waals surface area (Å²) in [6, 6.07) is 6.05. The monoisotopic (exact) mass is 356 g/mol. The van der Waals surface area contributed by atoms with E-state index in [1.54, 1.807) is 0 Å². The Kier molecular flexibility index (Phi) is 4.13. The van der Waals surface area contributed by atoms with Gasteiger partial charge in [-0.3, -0.25) is 14.2 Å². The van der Waals surface area contributed by atoms with E-state index in [2.05, 4.69) is 5.32 Å². The van der Waals surface area contributed by atoms with Gasteiger partial charge in [0.15, 0.2) is 5.78 Å². The first-order valence-corrected chi connectivity index (χ1v) is 7.56. The van der Waals surface area contributed by atoms with Crippen LogP contribution in [0.3, 0.4) is 0 Å². The summed E-state index contributed by atoms with van der Waals surface area (Å²) < 4.78 is 41.3. The normalized spacial score (nSPS) is 14.0. The van der Waals surface area contributed by atoms with E-state index in [9.17, 15) is 22.8 Å². The predicted octanol–water partition coefficient (Wildman–Crippen LogP) is 3.57. The fourth-order valence-corrected chi connectivity index (χ4v) is 2.82. The zero-order valence-corrected chi connectivity index (χ0v) is 13.0. The highest BCUT2D eigenvalue weighted by Crippen LogP contribution is 2.36. The molecule has 2 aromatic rings. The summed E-state index contributed by atoms with van der Waals surface area (Å²) >= 11 is 5.75. The highest BCUT2D eigenvalue weighted by molar-refractivity contribution is 6.30. The topological polar surface area (TPSA) is 51.1 Å². The molecule has 3 rings (SSSR count). The number of carbonyl (C=O) groups excluding carboxylic acids is 1. The average Bonchev–Trinajstić information content (AvgIpc) is 2.54. The van der Waals surface area contributed by atoms with Crippen molar-refractivity contribution in [1.29, 1.82) is 0 Å². The second-order valence-electron chi connectivity index (χ2n) is 5.39. The zero-order valence-electron chi connectivity index (χ0n) is 12.3. The number of halogens is 4. The van der Waals surface area contributed by atoms with Crippen LogP contribution in [0.5, 0.6) is 0 Å². The summed E-state index contributed by atoms with van der Waals surface area (Å²) in [7, 11) is 0. The van der Waals surface area contributed by atoms with Gasteiger partial charge in [0.2, 0.25) is 0 Å². The van der Waals surface area contributed by atoms with Gasteiger partial charge in [-0.1, -0.05) is 11.6 Å². The fraction of sp³-hybridized carbons (Fsp3) is 0.250. The Labute approximate surface area is 139 Å². The van der Waals surface area contributed by atoms with E-state index in [1.165, 1.54) is 28.8 Å². The van der Waals surface area contributed by atoms with Crippen LogP contribution in [0.25, 0.3) is 0 Å². The molecule has 0 atom stereocenters. The van der Waals surface area contributed by atoms with Crippen LogP contribution < -0.4 is 10.9 Å². The lowest BCUT2D eigenvalue weighted by molar-refractivity contribution is -0.138. The average molecular weight is 357 g/mol. The molecule has 126 valence electrons. The molecule has 2 heterocycles. The van der Waals surface area contributed by atoms with Crippen molar-refractivity contribution in [3.8, 4) is 0 Å². The SMILES string of the molecule is O=C(c1ccc(Cl)cc1)c1c(C(F)(F)F)cc(=O)n2c1NCCC2. The van der Waals surface area contributed by atoms with Crippen molar-refractivity contribution in [1.82, 2.24) is 4.57 Å². The van der Waals surface area contributed by atoms with Gasteiger partial charge in [-0.25, -0.2) is 0 Å². The molecule has 1 aromatic heterocycles. The Bertz CT molecular complexity index is 857. The molecule has 0 saturated carbocycles. The second-order valence-corrected chi connectivity index (χ2v) is 5.82. The number of hydrogen-bond acceptors (Lipinski definition) is 3. The highest BCUT2D eigenvalue weighted by Gasteiger charge is 2.39. The lowest BCUT2D eigenvalue weighted by Gasteiger charge is -2.25. The van der Waals surface area contributed by atoms with Gasteiger partial charge < -0.3 is 5.32 Å². The molecule has 0 amide bonds. The van der Waals surface area contributed by atoms with Crippen LogP contribution in [0.1, 0.15) is 27.9 Å². The number of aromatic nitrogens is 1. The third kappa shape index (κ3) is 2.91. The Balaban J connectivity index is 2.26. The second kappa shape index (κ2) is 5.98. The van der Waals surface area contributed by atoms with E-state index >= 15 is 0 Å². The van der Waals surface area contributed by atoms with Gasteiger partial charge in [-0.05, 0) is 30.7 Å². The lowest BCUT2D eigenvalue weighted by Crippen LogP contribution is -2.33. The summed E-state index contributed by atoms with van der Waals surface area (Å²) in [6.07, 6.45) is -4.22. The van der Waals surface area contributed by atoms with Gasteiger partial charge in [0.25, 0.3) is 5.56 Å². The molecule has 0 radical (unpaired) electrons. The van der Waals surface area contributed by atoms with E-state index in [0.717, 1.165) is 0 Å². The van der Waals surface area contributed by atoms with Crippen LogP contribution in [0.15, 0.2) is 35.1 Å². The molecule has 0 saturated heterocycles. The number of hydrogen-bond donors (Lipinski definition) is 1. The standard InChI is InChI=1S/C16H12ClF3N2O2/c17-10-4-2-9(3-5-10)14(24)13-11(16(18,19)20)8-12(23)22-7-1-6-21-15(13)22/h2-5,8,21H,1,6-7H2. The first kappa shape index (κ1) is 16.6. The number of alkyl halides is 3. The molecule has 1 aliphatic heterocycles. The van der Waals surface area contributed by atoms with Crippen LogP contribution >= 0.6 is 11.6 Å². The number of nitrogens with one attached hydrogen (secondary N) is 1. The Morgan fingerprint density at radius 3 is 2.50 bits per heavy atom. The minimum absolute atomic E-state index is 0.0683. The number of nitrogens with zero attached hydrogens (tertiary/aromatic N) is 1. The summed E-state index contributed by atoms with van der Waals surface area (Å²) in [6.45, 7) is 0.655. The highest BCUT2D eigenvalue weighted by atomic mass is 35.5. The first-order valence-electron chi connectivity index (χ1n) is 7.18. The Morgan fingerprint density at radius 2 is 1.88 bits per heavy atom. The number of anilines is 1. The maximum atomic E-state index is 13.4. The van der Waals surface area contributed by atoms with E-state index in [1.807, 2.05) is 0 Å². The smallest absolute Gasteiger partial charge is 0.371 e. The molecular formula is C16H12ClF3N2O2. The summed E-state index contributed by atoms with van der Waals surface area (Å²) in [5.41, 5.74) is -2.48. The molecule has 0 spiro atoms. The van der Waals surface area contributed by atoms with E-state index in [0.29, 0.717) is 24.1 Å². The maximum absolute atomic E-state index is 13.4. The molecule has 24 heavy (non-hydrogen) atoms. The molecular weight excluding hydrogens is 345 g/mol. The zero-order chi connectivity index (χ0) is 17.5. The number of pyridine rings is 1. The molecule has 1 aliphatic rings. The number of fused-ring (bicyclic) bond motifs is 1. The molecule has 8 heteroatoms. The third-order valence-corrected chi connectivity index (χ3v) is 4.05. The van der Waals surface area contributed by atoms with Crippen molar-refractivity contribution < 1.29 is 18.0 Å². The lowest BCUT2D eigenvalue weighted by atomic mass is 9.97. The van der Waals surface area contributed by atoms with E-state index < -0.39 is 28.6 Å². The molecule has 0 aliphatic carbocycles. The molecule has 0 fully saturated rings. The van der Waals surface area contributed by atoms with Gasteiger partial charge in [0, 0.05) is 29.7 Å². The maximum Gasteiger partial charge on any atom is 0.417 e. The van der Waals surface area contributed by atoms with E-state index in [-0.39, 0.29) is 17.9 Å². The predicted molar refractivity (Wildman–Crippen MR) is 83.7 cm³/mol. The van der Waals surface area contributed by atoms with Crippen molar-refractivity contribution in [2.24, 2.45) is 0 Å². The van der Waals surface area contributed by atoms with E-state index in [4.69, 9.17) is 11.6 Å². The Morgan fingerprint density at radius 1 is 1.21 bits per heavy atom. The summed E-state index contributed by atoms with van der Waals surface area (Å²) in [5, 5.41) is 3.13. The van der Waals surface area contributed by atoms with Crippen LogP contribution in [0.4, 0.5) is 19.0 Å². The van der Waals surface area contributed by atoms with Crippen LogP contribution in [-0.4, -0.2) is 16.9 Å². The number of carbonyl (C=O) groups is 1. The molecule has 0 unspecified atom stereocenters. The summed E-state index contributed by atoms with van der Waals surface area (Å²) in [4.78, 5) is 24.7. The van der Waals surface area contributed by atoms with Crippen LogP contribution in [-0.2, 0) is 12.7 Å². The van der Waals surface area contributed by atoms with Crippen molar-refractivity contribution in [3.05, 3.63) is 62.4 Å². The van der Waals surface area contributed by atoms with Crippen molar-refractivity contribution in [3.63, 3.8) is 0 Å². The van der Waals surface area contributed by atoms with Crippen LogP contribution in [0.2, 0.25) is 5.02 Å². The minimum atomic E-state index is -4.81. The quantitative estimate of drug-likeness (QED) is 0.837. The molecule has 0 bridgehead atoms. The van der Waals surface area contributed by atoms with Crippen molar-refractivity contribution in [2.45, 2.75) is 19.1 Å². The fourth-order valence-electron chi connectivity index (χ4n) is 2.70. The first-order chi connectivity index (χ1) is 11.3. The van der Waals surface area contributed by atoms with Gasteiger partial charge >= 0.3 is 6.18 Å². The summed E-state index contributed by atoms with van der Waals surface area (Å²) in [5.74, 6) is -0.891. The van der Waals surface area contributed by atoms with Gasteiger partial charge in [0.05, 0.1) is 11.1 Å². The van der Waals surface area contributed by atoms with Crippen molar-refractivity contribution >= 4 is 23.2 Å². The number of benzene rings is 1. The van der Waals surface area contributed by atoms with Crippen molar-refractivity contribution in [2.75, 3.05) is 11.9 Å². The minimum Gasteiger partial charge on any atom is -0.371 e. The van der Waals surface area contributed by atoms with Gasteiger partial charge in [-0.15, -0.1) is 0 Å². The molecule has 1 N–H and O–H groups in total. The Hall–Kier alpha value is -2.28. The van der Waals surface area contributed by atoms with Gasteiger partial charge in [0.1, 0.15) is 5.82 Å². The molecule has 1 aromatic carbocycles. The molecule has 4 nitrogen and oxygen atoms in total. The van der Waals surface area contributed by atoms with Crippen LogP contribution in [0, 0.1) is 0 Å². The largest absolute Gasteiger partial charge is 0.417 e. The number of rotatable bonds is 2. The third-order valence-electron chi connectivity index (χ3n) is 3.80. The van der Waals surface area contributed by atoms with Gasteiger partial charge in [-0.2, -0.15) is 13.2 Å². The number of ketones is 1.